The summed E-state index contributed by atoms with van der Waals surface area (Å²) in [5.41, 5.74) is -1.71. The van der Waals surface area contributed by atoms with Gasteiger partial charge in [-0.3, -0.25) is 0 Å². The molecule has 1 fully saturated rings. The van der Waals surface area contributed by atoms with Crippen LogP contribution >= 0.6 is 0 Å². The molecule has 39 heavy (non-hydrogen) atoms. The minimum absolute atomic E-state index is 0.00411. The lowest BCUT2D eigenvalue weighted by molar-refractivity contribution is -0.271. The number of amides is 1. The van der Waals surface area contributed by atoms with Gasteiger partial charge in [0, 0.05) is 0 Å². The van der Waals surface area contributed by atoms with E-state index in [1.807, 2.05) is 0 Å². The summed E-state index contributed by atoms with van der Waals surface area (Å²) in [6.07, 6.45) is -4.13. The Morgan fingerprint density at radius 3 is 2.31 bits per heavy atom. The van der Waals surface area contributed by atoms with Crippen molar-refractivity contribution in [3.8, 4) is 5.75 Å². The average molecular weight is 556 g/mol. The first kappa shape index (κ1) is 30.7. The Morgan fingerprint density at radius 2 is 1.69 bits per heavy atom. The summed E-state index contributed by atoms with van der Waals surface area (Å²) in [6, 6.07) is 10.2. The van der Waals surface area contributed by atoms with E-state index in [9.17, 15) is 22.4 Å². The van der Waals surface area contributed by atoms with Crippen molar-refractivity contribution in [1.29, 1.82) is 0 Å². The third-order valence-electron chi connectivity index (χ3n) is 6.21. The third-order valence-corrected chi connectivity index (χ3v) is 6.21. The number of hydrogen-bond acceptors (Lipinski definition) is 5. The predicted octanol–water partition coefficient (Wildman–Crippen LogP) is 6.84. The number of benzene rings is 2. The fourth-order valence-corrected chi connectivity index (χ4v) is 4.12. The molecule has 0 radical (unpaired) electrons. The second kappa shape index (κ2) is 12.1. The number of alkyl carbamates (subject to hydrolysis) is 1. The summed E-state index contributed by atoms with van der Waals surface area (Å²) in [6.45, 7) is 8.91. The van der Waals surface area contributed by atoms with Crippen LogP contribution in [0.5, 0.6) is 5.75 Å². The molecular weight excluding hydrogens is 518 g/mol. The van der Waals surface area contributed by atoms with Crippen LogP contribution in [0.25, 0.3) is 0 Å². The zero-order valence-corrected chi connectivity index (χ0v) is 23.0. The number of halogens is 4. The maximum atomic E-state index is 13.9. The number of nitrogens with one attached hydrogen (secondary N) is 1. The topological polar surface area (TPSA) is 66.0 Å². The van der Waals surface area contributed by atoms with Gasteiger partial charge in [-0.25, -0.2) is 9.18 Å². The van der Waals surface area contributed by atoms with E-state index in [1.165, 1.54) is 12.1 Å². The Morgan fingerprint density at radius 1 is 1.03 bits per heavy atom. The molecule has 3 rings (SSSR count). The highest BCUT2D eigenvalue weighted by molar-refractivity contribution is 5.69. The lowest BCUT2D eigenvalue weighted by atomic mass is 9.91. The predicted molar refractivity (Wildman–Crippen MR) is 138 cm³/mol. The Balaban J connectivity index is 1.69. The lowest BCUT2D eigenvalue weighted by Crippen LogP contribution is -2.61. The van der Waals surface area contributed by atoms with Crippen LogP contribution in [0.1, 0.15) is 64.2 Å². The van der Waals surface area contributed by atoms with Gasteiger partial charge in [-0.1, -0.05) is 24.3 Å². The lowest BCUT2D eigenvalue weighted by Gasteiger charge is -2.44. The van der Waals surface area contributed by atoms with E-state index < -0.39 is 34.8 Å². The van der Waals surface area contributed by atoms with Gasteiger partial charge in [0.2, 0.25) is 0 Å². The Bertz CT molecular complexity index is 1120. The molecule has 0 saturated carbocycles. The van der Waals surface area contributed by atoms with E-state index in [-0.39, 0.29) is 44.2 Å². The monoisotopic (exact) mass is 555 g/mol. The van der Waals surface area contributed by atoms with Gasteiger partial charge in [-0.05, 0) is 89.6 Å². The van der Waals surface area contributed by atoms with Gasteiger partial charge in [-0.2, -0.15) is 13.2 Å². The Hall–Kier alpha value is -2.85. The van der Waals surface area contributed by atoms with E-state index in [0.29, 0.717) is 24.0 Å². The summed E-state index contributed by atoms with van der Waals surface area (Å²) in [5.74, 6) is -1.49. The van der Waals surface area contributed by atoms with E-state index in [2.05, 4.69) is 5.32 Å². The van der Waals surface area contributed by atoms with E-state index in [0.717, 1.165) is 6.07 Å². The zero-order valence-electron chi connectivity index (χ0n) is 23.0. The molecule has 1 amide bonds. The first-order valence-electron chi connectivity index (χ1n) is 12.9. The molecule has 0 aliphatic carbocycles. The summed E-state index contributed by atoms with van der Waals surface area (Å²) >= 11 is 0. The summed E-state index contributed by atoms with van der Waals surface area (Å²) in [5, 5.41) is 2.82. The van der Waals surface area contributed by atoms with Gasteiger partial charge in [0.25, 0.3) is 0 Å². The maximum absolute atomic E-state index is 13.9. The van der Waals surface area contributed by atoms with Crippen molar-refractivity contribution >= 4 is 6.09 Å². The molecular formula is C29H37F4NO5. The molecule has 216 valence electrons. The molecule has 1 aliphatic heterocycles. The van der Waals surface area contributed by atoms with Gasteiger partial charge < -0.3 is 24.3 Å². The van der Waals surface area contributed by atoms with E-state index in [4.69, 9.17) is 18.9 Å². The standard InChI is InChI=1S/C29H37F4NO5/c1-26(2,3)39-25(35)34-28(18-37-27(4,5)38-19-28)15-14-20-12-13-24(22(17-20)29(31,32)33)36-16-8-10-21-9-6-7-11-23(21)30/h6-7,9,11-13,17H,8,10,14-16,18-19H2,1-5H3,(H,34,35). The summed E-state index contributed by atoms with van der Waals surface area (Å²) in [7, 11) is 0. The Labute approximate surface area is 227 Å². The molecule has 0 aromatic heterocycles. The highest BCUT2D eigenvalue weighted by atomic mass is 19.4. The van der Waals surface area contributed by atoms with Crippen LogP contribution in [0.15, 0.2) is 42.5 Å². The van der Waals surface area contributed by atoms with Crippen molar-refractivity contribution in [3.63, 3.8) is 0 Å². The zero-order chi connectivity index (χ0) is 28.9. The molecule has 10 heteroatoms. The highest BCUT2D eigenvalue weighted by Gasteiger charge is 2.42. The number of ether oxygens (including phenoxy) is 4. The van der Waals surface area contributed by atoms with Crippen molar-refractivity contribution in [2.24, 2.45) is 0 Å². The average Bonchev–Trinajstić information content (AvgIpc) is 2.82. The van der Waals surface area contributed by atoms with Crippen LogP contribution in [-0.2, 0) is 33.2 Å². The SMILES string of the molecule is CC(C)(C)OC(=O)NC1(CCc2ccc(OCCCc3ccccc3F)c(C(F)(F)F)c2)COC(C)(C)OC1. The maximum Gasteiger partial charge on any atom is 0.419 e. The van der Waals surface area contributed by atoms with Crippen molar-refractivity contribution in [2.45, 2.75) is 83.4 Å². The molecule has 6 nitrogen and oxygen atoms in total. The molecule has 0 unspecified atom stereocenters. The minimum Gasteiger partial charge on any atom is -0.493 e. The van der Waals surface area contributed by atoms with Crippen molar-refractivity contribution < 1.29 is 41.3 Å². The van der Waals surface area contributed by atoms with Crippen LogP contribution in [0.4, 0.5) is 22.4 Å². The summed E-state index contributed by atoms with van der Waals surface area (Å²) < 4.78 is 77.9. The molecule has 1 N–H and O–H groups in total. The smallest absolute Gasteiger partial charge is 0.419 e. The minimum atomic E-state index is -4.63. The first-order valence-corrected chi connectivity index (χ1v) is 12.9. The second-order valence-corrected chi connectivity index (χ2v) is 11.3. The van der Waals surface area contributed by atoms with E-state index >= 15 is 0 Å². The number of aryl methyl sites for hydroxylation is 2. The molecule has 2 aromatic carbocycles. The molecule has 0 atom stereocenters. The van der Waals surface area contributed by atoms with Crippen LogP contribution in [-0.4, -0.2) is 42.8 Å². The number of rotatable bonds is 9. The number of carbonyl (C=O) groups excluding carboxylic acids is 1. The second-order valence-electron chi connectivity index (χ2n) is 11.3. The fourth-order valence-electron chi connectivity index (χ4n) is 4.12. The number of alkyl halides is 3. The van der Waals surface area contributed by atoms with Gasteiger partial charge in [0.1, 0.15) is 17.2 Å². The molecule has 1 saturated heterocycles. The molecule has 2 aromatic rings. The molecule has 0 bridgehead atoms. The summed E-state index contributed by atoms with van der Waals surface area (Å²) in [4.78, 5) is 12.5. The van der Waals surface area contributed by atoms with Gasteiger partial charge in [0.15, 0.2) is 5.79 Å². The van der Waals surface area contributed by atoms with Crippen LogP contribution in [0, 0.1) is 5.82 Å². The molecule has 0 spiro atoms. The normalized spacial score (nSPS) is 16.9. The first-order chi connectivity index (χ1) is 18.1. The molecule has 1 heterocycles. The van der Waals surface area contributed by atoms with Crippen molar-refractivity contribution in [3.05, 3.63) is 65.0 Å². The van der Waals surface area contributed by atoms with E-state index in [1.54, 1.807) is 58.9 Å². The quantitative estimate of drug-likeness (QED) is 0.271. The van der Waals surface area contributed by atoms with Crippen molar-refractivity contribution in [2.75, 3.05) is 19.8 Å². The van der Waals surface area contributed by atoms with Gasteiger partial charge in [-0.15, -0.1) is 0 Å². The van der Waals surface area contributed by atoms with Crippen molar-refractivity contribution in [1.82, 2.24) is 5.32 Å². The van der Waals surface area contributed by atoms with Crippen LogP contribution < -0.4 is 10.1 Å². The van der Waals surface area contributed by atoms with Crippen LogP contribution in [0.3, 0.4) is 0 Å². The largest absolute Gasteiger partial charge is 0.493 e. The fraction of sp³-hybridized carbons (Fsp3) is 0.552. The number of carbonyl (C=O) groups is 1. The van der Waals surface area contributed by atoms with Gasteiger partial charge >= 0.3 is 12.3 Å². The molecule has 1 aliphatic rings. The third kappa shape index (κ3) is 9.39. The van der Waals surface area contributed by atoms with Gasteiger partial charge in [0.05, 0.1) is 30.9 Å². The Kier molecular flexibility index (Phi) is 9.54. The highest BCUT2D eigenvalue weighted by Crippen LogP contribution is 2.38. The number of hydrogen-bond donors (Lipinski definition) is 1. The van der Waals surface area contributed by atoms with Crippen LogP contribution in [0.2, 0.25) is 0 Å².